The maximum Gasteiger partial charge on any atom is 0.322 e. The molecular formula is C20H19N5O2. The van der Waals surface area contributed by atoms with Crippen LogP contribution in [-0.4, -0.2) is 34.6 Å². The molecule has 0 atom stereocenters. The number of amides is 3. The van der Waals surface area contributed by atoms with Crippen molar-refractivity contribution >= 4 is 34.7 Å². The summed E-state index contributed by atoms with van der Waals surface area (Å²) in [7, 11) is 0. The molecule has 1 aliphatic rings. The Bertz CT molecular complexity index is 1040. The first kappa shape index (κ1) is 16.8. The molecule has 3 amide bonds. The maximum atomic E-state index is 12.7. The van der Waals surface area contributed by atoms with E-state index in [0.717, 1.165) is 22.0 Å². The van der Waals surface area contributed by atoms with Gasteiger partial charge < -0.3 is 15.2 Å². The minimum absolute atomic E-state index is 0.218. The number of hydrazone groups is 1. The van der Waals surface area contributed by atoms with Crippen molar-refractivity contribution < 1.29 is 9.59 Å². The summed E-state index contributed by atoms with van der Waals surface area (Å²) in [5.74, 6) is -0.303. The van der Waals surface area contributed by atoms with Gasteiger partial charge >= 0.3 is 6.03 Å². The predicted molar refractivity (Wildman–Crippen MR) is 105 cm³/mol. The number of carbonyl (C=O) groups is 2. The van der Waals surface area contributed by atoms with E-state index in [4.69, 9.17) is 0 Å². The first-order valence-corrected chi connectivity index (χ1v) is 8.74. The largest absolute Gasteiger partial charge is 0.360 e. The van der Waals surface area contributed by atoms with Gasteiger partial charge in [0, 0.05) is 41.4 Å². The van der Waals surface area contributed by atoms with Gasteiger partial charge in [-0.05, 0) is 24.6 Å². The van der Waals surface area contributed by atoms with Crippen molar-refractivity contribution in [2.45, 2.75) is 13.5 Å². The lowest BCUT2D eigenvalue weighted by Crippen LogP contribution is -2.34. The number of H-pyrrole nitrogens is 1. The summed E-state index contributed by atoms with van der Waals surface area (Å²) in [6.45, 7) is 3.01. The molecule has 7 nitrogen and oxygen atoms in total. The van der Waals surface area contributed by atoms with E-state index >= 15 is 0 Å². The summed E-state index contributed by atoms with van der Waals surface area (Å²) in [6, 6.07) is 13.1. The number of nitrogens with one attached hydrogen (secondary N) is 3. The van der Waals surface area contributed by atoms with Gasteiger partial charge in [0.2, 0.25) is 0 Å². The molecule has 3 aromatic rings. The smallest absolute Gasteiger partial charge is 0.322 e. The van der Waals surface area contributed by atoms with Crippen molar-refractivity contribution in [2.75, 3.05) is 11.9 Å². The third-order valence-electron chi connectivity index (χ3n) is 4.56. The number of aromatic nitrogens is 1. The second-order valence-electron chi connectivity index (χ2n) is 6.32. The zero-order valence-corrected chi connectivity index (χ0v) is 14.8. The number of carbonyl (C=O) groups excluding carboxylic acids is 2. The molecule has 3 N–H and O–H groups in total. The number of aromatic amines is 1. The molecule has 0 aliphatic carbocycles. The minimum Gasteiger partial charge on any atom is -0.360 e. The Morgan fingerprint density at radius 2 is 2.04 bits per heavy atom. The molecule has 0 fully saturated rings. The second kappa shape index (κ2) is 6.95. The van der Waals surface area contributed by atoms with E-state index in [2.05, 4.69) is 20.8 Å². The summed E-state index contributed by atoms with van der Waals surface area (Å²) in [5.41, 5.74) is 6.17. The highest BCUT2D eigenvalue weighted by Gasteiger charge is 2.19. The van der Waals surface area contributed by atoms with Gasteiger partial charge in [0.05, 0.1) is 11.8 Å². The van der Waals surface area contributed by atoms with Crippen molar-refractivity contribution in [3.8, 4) is 0 Å². The number of nitrogens with zero attached hydrogens (tertiary/aromatic N) is 2. The van der Waals surface area contributed by atoms with Crippen LogP contribution in [0, 0.1) is 0 Å². The van der Waals surface area contributed by atoms with E-state index in [1.165, 1.54) is 0 Å². The molecule has 136 valence electrons. The third kappa shape index (κ3) is 3.27. The maximum absolute atomic E-state index is 12.7. The van der Waals surface area contributed by atoms with Crippen LogP contribution in [0.25, 0.3) is 10.9 Å². The van der Waals surface area contributed by atoms with Crippen LogP contribution in [0.3, 0.4) is 0 Å². The fourth-order valence-electron chi connectivity index (χ4n) is 3.20. The standard InChI is InChI=1S/C20H19N5O2/c1-2-25(12-13-6-4-3-5-7-13)20(27)23-15-8-16-18-14(10-21-17(18)9-15)11-22-24-19(16)26/h3-11,21H,2,12H2,1H3,(H,23,27)(H,24,26). The lowest BCUT2D eigenvalue weighted by molar-refractivity contribution is 0.0957. The Morgan fingerprint density at radius 3 is 2.81 bits per heavy atom. The molecule has 0 radical (unpaired) electrons. The lowest BCUT2D eigenvalue weighted by Gasteiger charge is -2.21. The van der Waals surface area contributed by atoms with Gasteiger partial charge in [-0.1, -0.05) is 30.3 Å². The van der Waals surface area contributed by atoms with Gasteiger partial charge in [-0.2, -0.15) is 5.10 Å². The van der Waals surface area contributed by atoms with Gasteiger partial charge in [0.1, 0.15) is 0 Å². The molecule has 0 bridgehead atoms. The average molecular weight is 361 g/mol. The van der Waals surface area contributed by atoms with Crippen molar-refractivity contribution in [3.05, 3.63) is 65.4 Å². The Kier molecular flexibility index (Phi) is 4.33. The molecule has 0 unspecified atom stereocenters. The molecule has 7 heteroatoms. The van der Waals surface area contributed by atoms with Crippen molar-refractivity contribution in [1.29, 1.82) is 0 Å². The topological polar surface area (TPSA) is 89.6 Å². The summed E-state index contributed by atoms with van der Waals surface area (Å²) < 4.78 is 0. The molecule has 1 aliphatic heterocycles. The molecule has 27 heavy (non-hydrogen) atoms. The SMILES string of the molecule is CCN(Cc1ccccc1)C(=O)Nc1cc2c3c(c[nH]c3c1)C=NNC2=O. The van der Waals surface area contributed by atoms with Gasteiger partial charge in [0.15, 0.2) is 0 Å². The molecule has 4 rings (SSSR count). The summed E-state index contributed by atoms with van der Waals surface area (Å²) in [5, 5.41) is 7.60. The Morgan fingerprint density at radius 1 is 1.22 bits per heavy atom. The van der Waals surface area contributed by atoms with E-state index in [0.29, 0.717) is 24.3 Å². The third-order valence-corrected chi connectivity index (χ3v) is 4.56. The molecule has 0 spiro atoms. The van der Waals surface area contributed by atoms with Crippen LogP contribution in [0.15, 0.2) is 53.8 Å². The number of hydrogen-bond donors (Lipinski definition) is 3. The first-order valence-electron chi connectivity index (χ1n) is 8.74. The zero-order chi connectivity index (χ0) is 18.8. The minimum atomic E-state index is -0.303. The van der Waals surface area contributed by atoms with E-state index in [9.17, 15) is 9.59 Å². The lowest BCUT2D eigenvalue weighted by atomic mass is 10.1. The van der Waals surface area contributed by atoms with Crippen molar-refractivity contribution in [1.82, 2.24) is 15.3 Å². The van der Waals surface area contributed by atoms with Crippen LogP contribution in [0.1, 0.15) is 28.4 Å². The number of benzene rings is 2. The van der Waals surface area contributed by atoms with E-state index in [1.807, 2.05) is 43.3 Å². The average Bonchev–Trinajstić information content (AvgIpc) is 3.01. The normalized spacial score (nSPS) is 12.6. The van der Waals surface area contributed by atoms with Gasteiger partial charge in [-0.15, -0.1) is 0 Å². The van der Waals surface area contributed by atoms with E-state index < -0.39 is 0 Å². The highest BCUT2D eigenvalue weighted by molar-refractivity contribution is 6.15. The Balaban J connectivity index is 1.60. The zero-order valence-electron chi connectivity index (χ0n) is 14.8. The van der Waals surface area contributed by atoms with Crippen LogP contribution < -0.4 is 10.7 Å². The summed E-state index contributed by atoms with van der Waals surface area (Å²) in [4.78, 5) is 29.9. The van der Waals surface area contributed by atoms with Crippen LogP contribution in [0.2, 0.25) is 0 Å². The summed E-state index contributed by atoms with van der Waals surface area (Å²) >= 11 is 0. The molecular weight excluding hydrogens is 342 g/mol. The van der Waals surface area contributed by atoms with E-state index in [1.54, 1.807) is 23.4 Å². The fourth-order valence-corrected chi connectivity index (χ4v) is 3.20. The summed E-state index contributed by atoms with van der Waals surface area (Å²) in [6.07, 6.45) is 3.39. The molecule has 2 aromatic carbocycles. The predicted octanol–water partition coefficient (Wildman–Crippen LogP) is 3.30. The monoisotopic (exact) mass is 361 g/mol. The first-order chi connectivity index (χ1) is 13.2. The number of urea groups is 1. The molecule has 2 heterocycles. The second-order valence-corrected chi connectivity index (χ2v) is 6.32. The van der Waals surface area contributed by atoms with E-state index in [-0.39, 0.29) is 11.9 Å². The van der Waals surface area contributed by atoms with Crippen LogP contribution in [0.4, 0.5) is 10.5 Å². The van der Waals surface area contributed by atoms with Crippen LogP contribution in [-0.2, 0) is 6.54 Å². The van der Waals surface area contributed by atoms with Crippen molar-refractivity contribution in [2.24, 2.45) is 5.10 Å². The Hall–Kier alpha value is -3.61. The molecule has 1 aromatic heterocycles. The fraction of sp³-hybridized carbons (Fsp3) is 0.150. The van der Waals surface area contributed by atoms with Crippen molar-refractivity contribution in [3.63, 3.8) is 0 Å². The van der Waals surface area contributed by atoms with Gasteiger partial charge in [-0.3, -0.25) is 4.79 Å². The highest BCUT2D eigenvalue weighted by Crippen LogP contribution is 2.27. The Labute approximate surface area is 156 Å². The van der Waals surface area contributed by atoms with Gasteiger partial charge in [-0.25, -0.2) is 10.2 Å². The highest BCUT2D eigenvalue weighted by atomic mass is 16.2. The molecule has 0 saturated heterocycles. The quantitative estimate of drug-likeness (QED) is 0.665. The number of anilines is 1. The van der Waals surface area contributed by atoms with Gasteiger partial charge in [0.25, 0.3) is 5.91 Å². The number of rotatable bonds is 4. The number of hydrogen-bond acceptors (Lipinski definition) is 3. The molecule has 0 saturated carbocycles. The van der Waals surface area contributed by atoms with Crippen LogP contribution >= 0.6 is 0 Å². The van der Waals surface area contributed by atoms with Crippen LogP contribution in [0.5, 0.6) is 0 Å².